The molecule has 0 radical (unpaired) electrons. The van der Waals surface area contributed by atoms with E-state index in [0.717, 1.165) is 28.6 Å². The number of carbonyl (C=O) groups is 3. The highest BCUT2D eigenvalue weighted by molar-refractivity contribution is 5.92. The van der Waals surface area contributed by atoms with Gasteiger partial charge < -0.3 is 19.8 Å². The number of aromatic nitrogens is 1. The first kappa shape index (κ1) is 18.3. The molecule has 0 bridgehead atoms. The van der Waals surface area contributed by atoms with Gasteiger partial charge in [0.05, 0.1) is 6.61 Å². The highest BCUT2D eigenvalue weighted by Gasteiger charge is 2.07. The summed E-state index contributed by atoms with van der Waals surface area (Å²) in [7, 11) is 0. The van der Waals surface area contributed by atoms with Gasteiger partial charge in [-0.05, 0) is 25.0 Å². The Morgan fingerprint density at radius 1 is 1.12 bits per heavy atom. The van der Waals surface area contributed by atoms with E-state index in [0.29, 0.717) is 13.0 Å². The van der Waals surface area contributed by atoms with Crippen LogP contribution < -0.4 is 5.32 Å². The number of aromatic amines is 1. The molecule has 132 valence electrons. The molecular weight excluding hydrogens is 324 g/mol. The SMILES string of the molecule is CCOC(=O)C=CC(=O)OCC(=O)NCCc1c[nH]c2ccccc12. The van der Waals surface area contributed by atoms with Crippen LogP contribution in [0.5, 0.6) is 0 Å². The summed E-state index contributed by atoms with van der Waals surface area (Å²) in [6.45, 7) is 1.90. The third-order valence-corrected chi connectivity index (χ3v) is 3.38. The number of fused-ring (bicyclic) bond motifs is 1. The molecule has 2 aromatic rings. The Hall–Kier alpha value is -3.09. The summed E-state index contributed by atoms with van der Waals surface area (Å²) < 4.78 is 9.36. The summed E-state index contributed by atoms with van der Waals surface area (Å²) in [6.07, 6.45) is 4.46. The van der Waals surface area contributed by atoms with Crippen molar-refractivity contribution in [2.45, 2.75) is 13.3 Å². The predicted octanol–water partition coefficient (Wildman–Crippen LogP) is 1.49. The highest BCUT2D eigenvalue weighted by Crippen LogP contribution is 2.17. The standard InChI is InChI=1S/C18H20N2O5/c1-2-24-17(22)7-8-18(23)25-12-16(21)19-10-9-13-11-20-15-6-4-3-5-14(13)15/h3-8,11,20H,2,9-10,12H2,1H3,(H,19,21). The lowest BCUT2D eigenvalue weighted by Crippen LogP contribution is -2.30. The van der Waals surface area contributed by atoms with Crippen LogP contribution in [0.15, 0.2) is 42.6 Å². The summed E-state index contributed by atoms with van der Waals surface area (Å²) in [6, 6.07) is 7.91. The zero-order valence-corrected chi connectivity index (χ0v) is 13.9. The predicted molar refractivity (Wildman–Crippen MR) is 91.7 cm³/mol. The van der Waals surface area contributed by atoms with E-state index in [-0.39, 0.29) is 6.61 Å². The summed E-state index contributed by atoms with van der Waals surface area (Å²) in [4.78, 5) is 37.2. The van der Waals surface area contributed by atoms with E-state index >= 15 is 0 Å². The first-order valence-corrected chi connectivity index (χ1v) is 7.93. The second-order valence-corrected chi connectivity index (χ2v) is 5.15. The number of benzene rings is 1. The van der Waals surface area contributed by atoms with Crippen molar-refractivity contribution in [2.24, 2.45) is 0 Å². The van der Waals surface area contributed by atoms with E-state index in [1.807, 2.05) is 30.5 Å². The third-order valence-electron chi connectivity index (χ3n) is 3.38. The molecule has 25 heavy (non-hydrogen) atoms. The molecule has 1 amide bonds. The van der Waals surface area contributed by atoms with Crippen LogP contribution in [0, 0.1) is 0 Å². The monoisotopic (exact) mass is 344 g/mol. The van der Waals surface area contributed by atoms with Crippen molar-refractivity contribution in [1.82, 2.24) is 10.3 Å². The van der Waals surface area contributed by atoms with E-state index in [1.54, 1.807) is 6.92 Å². The van der Waals surface area contributed by atoms with Crippen LogP contribution in [0.2, 0.25) is 0 Å². The van der Waals surface area contributed by atoms with Gasteiger partial charge >= 0.3 is 11.9 Å². The molecule has 0 unspecified atom stereocenters. The number of hydrogen-bond acceptors (Lipinski definition) is 5. The first-order chi connectivity index (χ1) is 12.1. The maximum Gasteiger partial charge on any atom is 0.331 e. The zero-order chi connectivity index (χ0) is 18.1. The molecule has 7 nitrogen and oxygen atoms in total. The number of ether oxygens (including phenoxy) is 2. The van der Waals surface area contributed by atoms with E-state index in [2.05, 4.69) is 15.0 Å². The number of H-pyrrole nitrogens is 1. The van der Waals surface area contributed by atoms with Gasteiger partial charge in [0, 0.05) is 35.8 Å². The molecule has 1 aromatic heterocycles. The molecule has 0 atom stereocenters. The topological polar surface area (TPSA) is 97.5 Å². The van der Waals surface area contributed by atoms with Crippen LogP contribution in [0.25, 0.3) is 10.9 Å². The number of hydrogen-bond donors (Lipinski definition) is 2. The minimum absolute atomic E-state index is 0.219. The fourth-order valence-corrected chi connectivity index (χ4v) is 2.24. The molecule has 2 N–H and O–H groups in total. The molecule has 0 saturated heterocycles. The summed E-state index contributed by atoms with van der Waals surface area (Å²) >= 11 is 0. The molecule has 2 rings (SSSR count). The van der Waals surface area contributed by atoms with Gasteiger partial charge in [-0.15, -0.1) is 0 Å². The van der Waals surface area contributed by atoms with E-state index < -0.39 is 24.5 Å². The van der Waals surface area contributed by atoms with Crippen LogP contribution in [0.4, 0.5) is 0 Å². The second kappa shape index (κ2) is 9.27. The summed E-state index contributed by atoms with van der Waals surface area (Å²) in [5.74, 6) is -1.82. The normalized spacial score (nSPS) is 10.8. The van der Waals surface area contributed by atoms with Crippen molar-refractivity contribution >= 4 is 28.7 Å². The van der Waals surface area contributed by atoms with Crippen molar-refractivity contribution in [1.29, 1.82) is 0 Å². The Morgan fingerprint density at radius 2 is 1.84 bits per heavy atom. The lowest BCUT2D eigenvalue weighted by atomic mass is 10.1. The molecule has 0 fully saturated rings. The van der Waals surface area contributed by atoms with Gasteiger partial charge in [-0.1, -0.05) is 18.2 Å². The van der Waals surface area contributed by atoms with Crippen molar-refractivity contribution < 1.29 is 23.9 Å². The number of para-hydroxylation sites is 1. The maximum atomic E-state index is 11.7. The third kappa shape index (κ3) is 5.80. The van der Waals surface area contributed by atoms with Crippen LogP contribution in [-0.4, -0.2) is 42.6 Å². The van der Waals surface area contributed by atoms with Gasteiger partial charge in [0.15, 0.2) is 6.61 Å². The minimum atomic E-state index is -0.778. The lowest BCUT2D eigenvalue weighted by Gasteiger charge is -2.05. The molecule has 0 saturated carbocycles. The van der Waals surface area contributed by atoms with Crippen molar-refractivity contribution in [3.63, 3.8) is 0 Å². The Bertz CT molecular complexity index is 779. The Balaban J connectivity index is 1.69. The number of amides is 1. The molecule has 1 aromatic carbocycles. The average molecular weight is 344 g/mol. The highest BCUT2D eigenvalue weighted by atomic mass is 16.5. The summed E-state index contributed by atoms with van der Waals surface area (Å²) in [5, 5.41) is 3.80. The lowest BCUT2D eigenvalue weighted by molar-refractivity contribution is -0.144. The number of rotatable bonds is 8. The molecule has 0 aliphatic rings. The van der Waals surface area contributed by atoms with E-state index in [4.69, 9.17) is 4.74 Å². The first-order valence-electron chi connectivity index (χ1n) is 7.93. The molecule has 0 spiro atoms. The van der Waals surface area contributed by atoms with Gasteiger partial charge in [0.1, 0.15) is 0 Å². The molecule has 0 aliphatic carbocycles. The average Bonchev–Trinajstić information content (AvgIpc) is 3.02. The van der Waals surface area contributed by atoms with Crippen molar-refractivity contribution in [2.75, 3.05) is 19.8 Å². The molecule has 7 heteroatoms. The van der Waals surface area contributed by atoms with Gasteiger partial charge in [-0.25, -0.2) is 9.59 Å². The number of esters is 2. The quantitative estimate of drug-likeness (QED) is 0.558. The molecular formula is C18H20N2O5. The molecule has 0 aliphatic heterocycles. The van der Waals surface area contributed by atoms with Gasteiger partial charge in [0.2, 0.25) is 0 Å². The smallest absolute Gasteiger partial charge is 0.331 e. The maximum absolute atomic E-state index is 11.7. The Labute approximate surface area is 145 Å². The minimum Gasteiger partial charge on any atom is -0.463 e. The van der Waals surface area contributed by atoms with Gasteiger partial charge in [-0.2, -0.15) is 0 Å². The summed E-state index contributed by atoms with van der Waals surface area (Å²) in [5.41, 5.74) is 2.15. The van der Waals surface area contributed by atoms with Gasteiger partial charge in [-0.3, -0.25) is 4.79 Å². The van der Waals surface area contributed by atoms with E-state index in [9.17, 15) is 14.4 Å². The number of carbonyl (C=O) groups excluding carboxylic acids is 3. The van der Waals surface area contributed by atoms with Crippen LogP contribution in [-0.2, 0) is 30.3 Å². The van der Waals surface area contributed by atoms with Crippen LogP contribution in [0.3, 0.4) is 0 Å². The molecule has 1 heterocycles. The van der Waals surface area contributed by atoms with E-state index in [1.165, 1.54) is 0 Å². The Morgan fingerprint density at radius 3 is 2.60 bits per heavy atom. The van der Waals surface area contributed by atoms with Crippen molar-refractivity contribution in [3.05, 3.63) is 48.2 Å². The Kier molecular flexibility index (Phi) is 6.76. The van der Waals surface area contributed by atoms with Gasteiger partial charge in [0.25, 0.3) is 5.91 Å². The van der Waals surface area contributed by atoms with Crippen LogP contribution >= 0.6 is 0 Å². The largest absolute Gasteiger partial charge is 0.463 e. The van der Waals surface area contributed by atoms with Crippen LogP contribution in [0.1, 0.15) is 12.5 Å². The second-order valence-electron chi connectivity index (χ2n) is 5.15. The fraction of sp³-hybridized carbons (Fsp3) is 0.278. The van der Waals surface area contributed by atoms with Crippen molar-refractivity contribution in [3.8, 4) is 0 Å². The zero-order valence-electron chi connectivity index (χ0n) is 13.9. The fourth-order valence-electron chi connectivity index (χ4n) is 2.24. The number of nitrogens with one attached hydrogen (secondary N) is 2.